The number of likely N-dealkylation sites (tertiary alicyclic amines) is 1. The molecular weight excluding hydrogens is 198 g/mol. The third kappa shape index (κ3) is 2.54. The van der Waals surface area contributed by atoms with Crippen molar-refractivity contribution in [2.75, 3.05) is 13.1 Å². The molecule has 1 aromatic carbocycles. The number of guanidine groups is 1. The van der Waals surface area contributed by atoms with Crippen LogP contribution in [0.5, 0.6) is 0 Å². The van der Waals surface area contributed by atoms with Gasteiger partial charge in [0.2, 0.25) is 0 Å². The Hall–Kier alpha value is -1.51. The summed E-state index contributed by atoms with van der Waals surface area (Å²) >= 11 is 0. The molecule has 1 heterocycles. The Balaban J connectivity index is 2.03. The van der Waals surface area contributed by atoms with Crippen LogP contribution in [-0.2, 0) is 0 Å². The van der Waals surface area contributed by atoms with E-state index in [1.807, 2.05) is 30.3 Å². The molecule has 2 N–H and O–H groups in total. The fourth-order valence-electron chi connectivity index (χ4n) is 2.08. The lowest BCUT2D eigenvalue weighted by Gasteiger charge is -2.16. The summed E-state index contributed by atoms with van der Waals surface area (Å²) in [6.07, 6.45) is 2.47. The van der Waals surface area contributed by atoms with Crippen molar-refractivity contribution in [3.8, 4) is 0 Å². The Labute approximate surface area is 97.0 Å². The average molecular weight is 217 g/mol. The molecule has 3 nitrogen and oxygen atoms in total. The smallest absolute Gasteiger partial charge is 0.196 e. The molecule has 1 aliphatic heterocycles. The molecule has 0 aliphatic carbocycles. The highest BCUT2D eigenvalue weighted by Gasteiger charge is 2.22. The number of aliphatic imine (C=N–C) groups is 1. The summed E-state index contributed by atoms with van der Waals surface area (Å²) in [5.74, 6) is 1.44. The third-order valence-electron chi connectivity index (χ3n) is 3.19. The van der Waals surface area contributed by atoms with Gasteiger partial charge in [0.05, 0.1) is 5.69 Å². The zero-order chi connectivity index (χ0) is 11.4. The second-order valence-corrected chi connectivity index (χ2v) is 4.31. The molecule has 0 radical (unpaired) electrons. The molecule has 0 aromatic heterocycles. The first-order chi connectivity index (χ1) is 7.79. The number of hydrogen-bond acceptors (Lipinski definition) is 1. The monoisotopic (exact) mass is 217 g/mol. The summed E-state index contributed by atoms with van der Waals surface area (Å²) in [7, 11) is 0. The lowest BCUT2D eigenvalue weighted by Crippen LogP contribution is -2.35. The van der Waals surface area contributed by atoms with Crippen LogP contribution in [0.25, 0.3) is 0 Å². The molecule has 1 atom stereocenters. The topological polar surface area (TPSA) is 41.6 Å². The number of benzene rings is 1. The molecule has 3 heteroatoms. The van der Waals surface area contributed by atoms with E-state index in [4.69, 9.17) is 5.73 Å². The molecule has 0 saturated carbocycles. The first kappa shape index (κ1) is 11.0. The molecule has 16 heavy (non-hydrogen) atoms. The van der Waals surface area contributed by atoms with Crippen LogP contribution in [0.4, 0.5) is 5.69 Å². The van der Waals surface area contributed by atoms with E-state index in [9.17, 15) is 0 Å². The highest BCUT2D eigenvalue weighted by Crippen LogP contribution is 2.19. The van der Waals surface area contributed by atoms with E-state index < -0.39 is 0 Å². The summed E-state index contributed by atoms with van der Waals surface area (Å²) < 4.78 is 0. The van der Waals surface area contributed by atoms with Crippen molar-refractivity contribution < 1.29 is 0 Å². The van der Waals surface area contributed by atoms with Crippen LogP contribution in [0.2, 0.25) is 0 Å². The van der Waals surface area contributed by atoms with Gasteiger partial charge in [-0.1, -0.05) is 31.5 Å². The fourth-order valence-corrected chi connectivity index (χ4v) is 2.08. The summed E-state index contributed by atoms with van der Waals surface area (Å²) in [6, 6.07) is 9.88. The minimum absolute atomic E-state index is 0.655. The average Bonchev–Trinajstić information content (AvgIpc) is 2.79. The molecule has 1 aromatic rings. The van der Waals surface area contributed by atoms with Crippen molar-refractivity contribution in [1.29, 1.82) is 0 Å². The van der Waals surface area contributed by atoms with E-state index in [0.717, 1.165) is 24.7 Å². The van der Waals surface area contributed by atoms with E-state index in [2.05, 4.69) is 16.8 Å². The minimum Gasteiger partial charge on any atom is -0.369 e. The number of nitrogens with zero attached hydrogens (tertiary/aromatic N) is 2. The van der Waals surface area contributed by atoms with E-state index in [1.165, 1.54) is 12.8 Å². The van der Waals surface area contributed by atoms with Gasteiger partial charge in [-0.3, -0.25) is 0 Å². The van der Waals surface area contributed by atoms with E-state index >= 15 is 0 Å². The van der Waals surface area contributed by atoms with Crippen LogP contribution in [0.1, 0.15) is 19.8 Å². The van der Waals surface area contributed by atoms with Gasteiger partial charge in [-0.05, 0) is 24.5 Å². The Morgan fingerprint density at radius 1 is 1.44 bits per heavy atom. The molecule has 2 rings (SSSR count). The van der Waals surface area contributed by atoms with Gasteiger partial charge in [-0.25, -0.2) is 4.99 Å². The highest BCUT2D eigenvalue weighted by atomic mass is 15.3. The normalized spacial score (nSPS) is 21.4. The summed E-state index contributed by atoms with van der Waals surface area (Å²) in [6.45, 7) is 4.33. The second kappa shape index (κ2) is 5.01. The Morgan fingerprint density at radius 2 is 2.19 bits per heavy atom. The zero-order valence-corrected chi connectivity index (χ0v) is 9.76. The zero-order valence-electron chi connectivity index (χ0n) is 9.76. The SMILES string of the molecule is CCC1CCN(C(N)=Nc2ccccc2)C1. The van der Waals surface area contributed by atoms with Gasteiger partial charge in [0, 0.05) is 13.1 Å². The van der Waals surface area contributed by atoms with Crippen LogP contribution in [0.3, 0.4) is 0 Å². The molecule has 0 bridgehead atoms. The molecule has 0 spiro atoms. The lowest BCUT2D eigenvalue weighted by atomic mass is 10.1. The Bertz CT molecular complexity index is 359. The molecule has 1 saturated heterocycles. The number of rotatable bonds is 2. The number of para-hydroxylation sites is 1. The molecule has 1 fully saturated rings. The molecule has 86 valence electrons. The van der Waals surface area contributed by atoms with Gasteiger partial charge in [0.1, 0.15) is 0 Å². The Morgan fingerprint density at radius 3 is 2.81 bits per heavy atom. The van der Waals surface area contributed by atoms with Crippen LogP contribution in [-0.4, -0.2) is 23.9 Å². The second-order valence-electron chi connectivity index (χ2n) is 4.31. The summed E-state index contributed by atoms with van der Waals surface area (Å²) in [4.78, 5) is 6.61. The Kier molecular flexibility index (Phi) is 3.44. The van der Waals surface area contributed by atoms with E-state index in [1.54, 1.807) is 0 Å². The van der Waals surface area contributed by atoms with Gasteiger partial charge >= 0.3 is 0 Å². The summed E-state index contributed by atoms with van der Waals surface area (Å²) in [5.41, 5.74) is 6.93. The van der Waals surface area contributed by atoms with Crippen molar-refractivity contribution in [3.05, 3.63) is 30.3 Å². The first-order valence-corrected chi connectivity index (χ1v) is 5.93. The molecule has 1 aliphatic rings. The van der Waals surface area contributed by atoms with Crippen molar-refractivity contribution in [1.82, 2.24) is 4.90 Å². The molecular formula is C13H19N3. The lowest BCUT2D eigenvalue weighted by molar-refractivity contribution is 0.468. The maximum absolute atomic E-state index is 6.00. The van der Waals surface area contributed by atoms with Crippen LogP contribution >= 0.6 is 0 Å². The van der Waals surface area contributed by atoms with Crippen molar-refractivity contribution in [2.45, 2.75) is 19.8 Å². The minimum atomic E-state index is 0.655. The van der Waals surface area contributed by atoms with E-state index in [0.29, 0.717) is 5.96 Å². The van der Waals surface area contributed by atoms with Gasteiger partial charge in [-0.2, -0.15) is 0 Å². The largest absolute Gasteiger partial charge is 0.369 e. The predicted octanol–water partition coefficient (Wildman–Crippen LogP) is 2.36. The number of hydrogen-bond donors (Lipinski definition) is 1. The van der Waals surface area contributed by atoms with Crippen molar-refractivity contribution in [2.24, 2.45) is 16.6 Å². The van der Waals surface area contributed by atoms with Gasteiger partial charge in [-0.15, -0.1) is 0 Å². The van der Waals surface area contributed by atoms with Crippen LogP contribution < -0.4 is 5.73 Å². The number of nitrogens with two attached hydrogens (primary N) is 1. The van der Waals surface area contributed by atoms with Crippen molar-refractivity contribution >= 4 is 11.6 Å². The van der Waals surface area contributed by atoms with Crippen LogP contribution in [0.15, 0.2) is 35.3 Å². The molecule has 1 unspecified atom stereocenters. The maximum Gasteiger partial charge on any atom is 0.196 e. The van der Waals surface area contributed by atoms with Gasteiger partial charge in [0.25, 0.3) is 0 Å². The highest BCUT2D eigenvalue weighted by molar-refractivity contribution is 5.81. The standard InChI is InChI=1S/C13H19N3/c1-2-11-8-9-16(10-11)13(14)15-12-6-4-3-5-7-12/h3-7,11H,2,8-10H2,1H3,(H2,14,15). The fraction of sp³-hybridized carbons (Fsp3) is 0.462. The third-order valence-corrected chi connectivity index (χ3v) is 3.19. The van der Waals surface area contributed by atoms with Crippen LogP contribution in [0, 0.1) is 5.92 Å². The first-order valence-electron chi connectivity index (χ1n) is 5.93. The van der Waals surface area contributed by atoms with Gasteiger partial charge in [0.15, 0.2) is 5.96 Å². The van der Waals surface area contributed by atoms with E-state index in [-0.39, 0.29) is 0 Å². The maximum atomic E-state index is 6.00. The van der Waals surface area contributed by atoms with Gasteiger partial charge < -0.3 is 10.6 Å². The van der Waals surface area contributed by atoms with Crippen molar-refractivity contribution in [3.63, 3.8) is 0 Å². The summed E-state index contributed by atoms with van der Waals surface area (Å²) in [5, 5.41) is 0. The predicted molar refractivity (Wildman–Crippen MR) is 67.7 cm³/mol. The quantitative estimate of drug-likeness (QED) is 0.610. The molecule has 0 amide bonds.